The molecule has 1 fully saturated rings. The maximum Gasteiger partial charge on any atom is 0.165 e. The van der Waals surface area contributed by atoms with Gasteiger partial charge in [0.25, 0.3) is 0 Å². The number of carbonyl (C=O) groups excluding carboxylic acids is 1. The summed E-state index contributed by atoms with van der Waals surface area (Å²) in [7, 11) is 0. The number of hydrogen-bond acceptors (Lipinski definition) is 3. The molecule has 0 spiro atoms. The molecule has 3 heteroatoms. The Morgan fingerprint density at radius 3 is 2.88 bits per heavy atom. The Hall–Kier alpha value is -2.00. The van der Waals surface area contributed by atoms with Gasteiger partial charge >= 0.3 is 0 Å². The SMILES string of the molecule is CCc1ccnc(CCC2CCOC(CC(=O)c3ccccc3)C2)c1. The van der Waals surface area contributed by atoms with Crippen molar-refractivity contribution in [2.24, 2.45) is 5.92 Å². The lowest BCUT2D eigenvalue weighted by Crippen LogP contribution is -2.28. The van der Waals surface area contributed by atoms with Crippen molar-refractivity contribution in [2.45, 2.75) is 51.6 Å². The average Bonchev–Trinajstić information content (AvgIpc) is 2.67. The van der Waals surface area contributed by atoms with Crippen LogP contribution in [0.5, 0.6) is 0 Å². The van der Waals surface area contributed by atoms with Gasteiger partial charge in [0.2, 0.25) is 0 Å². The third-order valence-electron chi connectivity index (χ3n) is 5.08. The summed E-state index contributed by atoms with van der Waals surface area (Å²) < 4.78 is 5.85. The zero-order valence-corrected chi connectivity index (χ0v) is 15.0. The quantitative estimate of drug-likeness (QED) is 0.691. The standard InChI is InChI=1S/C22H27NO2/c1-2-17-10-12-23-20(14-17)9-8-18-11-13-25-21(15-18)16-22(24)19-6-4-3-5-7-19/h3-7,10,12,14,18,21H,2,8-9,11,13,15-16H2,1H3. The summed E-state index contributed by atoms with van der Waals surface area (Å²) in [6.45, 7) is 2.94. The Morgan fingerprint density at radius 1 is 1.24 bits per heavy atom. The zero-order chi connectivity index (χ0) is 17.5. The minimum absolute atomic E-state index is 0.0568. The highest BCUT2D eigenvalue weighted by molar-refractivity contribution is 5.96. The highest BCUT2D eigenvalue weighted by Gasteiger charge is 2.25. The van der Waals surface area contributed by atoms with E-state index in [2.05, 4.69) is 24.0 Å². The lowest BCUT2D eigenvalue weighted by Gasteiger charge is -2.29. The Labute approximate surface area is 150 Å². The first-order valence-electron chi connectivity index (χ1n) is 9.38. The van der Waals surface area contributed by atoms with Crippen LogP contribution in [0.4, 0.5) is 0 Å². The summed E-state index contributed by atoms with van der Waals surface area (Å²) in [5, 5.41) is 0. The minimum Gasteiger partial charge on any atom is -0.378 e. The molecule has 2 aromatic rings. The van der Waals surface area contributed by atoms with Crippen molar-refractivity contribution in [2.75, 3.05) is 6.61 Å². The summed E-state index contributed by atoms with van der Waals surface area (Å²) in [4.78, 5) is 16.9. The third kappa shape index (κ3) is 5.23. The Balaban J connectivity index is 1.50. The smallest absolute Gasteiger partial charge is 0.165 e. The van der Waals surface area contributed by atoms with Crippen LogP contribution in [0, 0.1) is 5.92 Å². The second-order valence-electron chi connectivity index (χ2n) is 6.92. The fraction of sp³-hybridized carbons (Fsp3) is 0.455. The Kier molecular flexibility index (Phi) is 6.35. The topological polar surface area (TPSA) is 39.2 Å². The van der Waals surface area contributed by atoms with Gasteiger partial charge in [-0.3, -0.25) is 9.78 Å². The molecule has 1 aromatic carbocycles. The van der Waals surface area contributed by atoms with Crippen molar-refractivity contribution in [3.8, 4) is 0 Å². The molecule has 0 radical (unpaired) electrons. The largest absolute Gasteiger partial charge is 0.378 e. The number of Topliss-reactive ketones (excluding diaryl/α,β-unsaturated/α-hetero) is 1. The Bertz CT molecular complexity index is 683. The third-order valence-corrected chi connectivity index (χ3v) is 5.08. The van der Waals surface area contributed by atoms with Gasteiger partial charge in [0.15, 0.2) is 5.78 Å². The van der Waals surface area contributed by atoms with Crippen LogP contribution < -0.4 is 0 Å². The fourth-order valence-corrected chi connectivity index (χ4v) is 3.55. The molecule has 0 aliphatic carbocycles. The summed E-state index contributed by atoms with van der Waals surface area (Å²) in [5.74, 6) is 0.804. The van der Waals surface area contributed by atoms with Crippen molar-refractivity contribution in [1.29, 1.82) is 0 Å². The molecule has 1 saturated heterocycles. The molecule has 0 bridgehead atoms. The van der Waals surface area contributed by atoms with E-state index in [1.165, 1.54) is 11.3 Å². The normalized spacial score (nSPS) is 20.4. The zero-order valence-electron chi connectivity index (χ0n) is 15.0. The van der Waals surface area contributed by atoms with Gasteiger partial charge in [-0.15, -0.1) is 0 Å². The van der Waals surface area contributed by atoms with Gasteiger partial charge in [-0.05, 0) is 55.7 Å². The van der Waals surface area contributed by atoms with Crippen molar-refractivity contribution >= 4 is 5.78 Å². The Morgan fingerprint density at radius 2 is 2.08 bits per heavy atom. The molecule has 2 unspecified atom stereocenters. The minimum atomic E-state index is 0.0568. The first-order valence-corrected chi connectivity index (χ1v) is 9.38. The maximum absolute atomic E-state index is 12.4. The van der Waals surface area contributed by atoms with Gasteiger partial charge in [0, 0.05) is 30.5 Å². The number of ketones is 1. The summed E-state index contributed by atoms with van der Waals surface area (Å²) >= 11 is 0. The molecule has 0 saturated carbocycles. The fourth-order valence-electron chi connectivity index (χ4n) is 3.55. The molecule has 2 atom stereocenters. The number of rotatable bonds is 7. The number of aromatic nitrogens is 1. The number of ether oxygens (including phenoxy) is 1. The van der Waals surface area contributed by atoms with E-state index < -0.39 is 0 Å². The predicted octanol–water partition coefficient (Wildman–Crippen LogP) is 4.64. The average molecular weight is 337 g/mol. The molecular weight excluding hydrogens is 310 g/mol. The number of carbonyl (C=O) groups is 1. The van der Waals surface area contributed by atoms with Crippen LogP contribution in [-0.2, 0) is 17.6 Å². The molecule has 1 aliphatic rings. The van der Waals surface area contributed by atoms with Gasteiger partial charge in [-0.25, -0.2) is 0 Å². The molecule has 0 N–H and O–H groups in total. The lowest BCUT2D eigenvalue weighted by molar-refractivity contribution is -0.0115. The summed E-state index contributed by atoms with van der Waals surface area (Å²) in [5.41, 5.74) is 3.32. The van der Waals surface area contributed by atoms with Gasteiger partial charge in [0.1, 0.15) is 0 Å². The van der Waals surface area contributed by atoms with Crippen LogP contribution in [0.3, 0.4) is 0 Å². The molecular formula is C22H27NO2. The second-order valence-corrected chi connectivity index (χ2v) is 6.92. The second kappa shape index (κ2) is 8.91. The first kappa shape index (κ1) is 17.8. The first-order chi connectivity index (χ1) is 12.2. The molecule has 25 heavy (non-hydrogen) atoms. The van der Waals surface area contributed by atoms with E-state index in [4.69, 9.17) is 4.74 Å². The van der Waals surface area contributed by atoms with E-state index in [1.54, 1.807) is 0 Å². The van der Waals surface area contributed by atoms with Crippen molar-refractivity contribution in [1.82, 2.24) is 4.98 Å². The molecule has 1 aliphatic heterocycles. The number of hydrogen-bond donors (Lipinski definition) is 0. The summed E-state index contributed by atoms with van der Waals surface area (Å²) in [6, 6.07) is 13.8. The monoisotopic (exact) mass is 337 g/mol. The number of pyridine rings is 1. The molecule has 2 heterocycles. The van der Waals surface area contributed by atoms with Crippen molar-refractivity contribution < 1.29 is 9.53 Å². The van der Waals surface area contributed by atoms with Gasteiger partial charge in [-0.1, -0.05) is 37.3 Å². The molecule has 0 amide bonds. The van der Waals surface area contributed by atoms with Gasteiger partial charge in [-0.2, -0.15) is 0 Å². The van der Waals surface area contributed by atoms with E-state index in [9.17, 15) is 4.79 Å². The highest BCUT2D eigenvalue weighted by Crippen LogP contribution is 2.27. The van der Waals surface area contributed by atoms with E-state index >= 15 is 0 Å². The summed E-state index contributed by atoms with van der Waals surface area (Å²) in [6.07, 6.45) is 7.72. The van der Waals surface area contributed by atoms with Crippen LogP contribution in [0.25, 0.3) is 0 Å². The van der Waals surface area contributed by atoms with Crippen LogP contribution in [0.2, 0.25) is 0 Å². The van der Waals surface area contributed by atoms with Crippen LogP contribution in [0.15, 0.2) is 48.7 Å². The predicted molar refractivity (Wildman–Crippen MR) is 99.8 cm³/mol. The highest BCUT2D eigenvalue weighted by atomic mass is 16.5. The van der Waals surface area contributed by atoms with Crippen LogP contribution in [0.1, 0.15) is 54.2 Å². The van der Waals surface area contributed by atoms with Crippen LogP contribution in [-0.4, -0.2) is 23.5 Å². The molecule has 1 aromatic heterocycles. The van der Waals surface area contributed by atoms with E-state index in [-0.39, 0.29) is 11.9 Å². The number of nitrogens with zero attached hydrogens (tertiary/aromatic N) is 1. The van der Waals surface area contributed by atoms with E-state index in [0.29, 0.717) is 12.3 Å². The van der Waals surface area contributed by atoms with Gasteiger partial charge in [0.05, 0.1) is 6.10 Å². The van der Waals surface area contributed by atoms with E-state index in [0.717, 1.165) is 44.3 Å². The molecule has 132 valence electrons. The maximum atomic E-state index is 12.4. The van der Waals surface area contributed by atoms with Crippen LogP contribution >= 0.6 is 0 Å². The molecule has 3 rings (SSSR count). The van der Waals surface area contributed by atoms with Crippen molar-refractivity contribution in [3.63, 3.8) is 0 Å². The number of aryl methyl sites for hydroxylation is 2. The number of benzene rings is 1. The molecule has 3 nitrogen and oxygen atoms in total. The lowest BCUT2D eigenvalue weighted by atomic mass is 9.88. The van der Waals surface area contributed by atoms with Gasteiger partial charge < -0.3 is 4.74 Å². The van der Waals surface area contributed by atoms with Crippen molar-refractivity contribution in [3.05, 3.63) is 65.5 Å². The van der Waals surface area contributed by atoms with E-state index in [1.807, 2.05) is 36.5 Å².